The third kappa shape index (κ3) is 3.92. The van der Waals surface area contributed by atoms with Crippen LogP contribution < -0.4 is 4.72 Å². The van der Waals surface area contributed by atoms with Crippen molar-refractivity contribution < 1.29 is 17.9 Å². The lowest BCUT2D eigenvalue weighted by Gasteiger charge is -2.11. The summed E-state index contributed by atoms with van der Waals surface area (Å²) < 4.78 is 34.7. The molecule has 0 bridgehead atoms. The van der Waals surface area contributed by atoms with Crippen LogP contribution in [0.4, 0.5) is 5.69 Å². The Balaban J connectivity index is 2.05. The molecule has 0 fully saturated rings. The first-order valence-corrected chi connectivity index (χ1v) is 9.93. The zero-order chi connectivity index (χ0) is 19.6. The summed E-state index contributed by atoms with van der Waals surface area (Å²) >= 11 is 0. The van der Waals surface area contributed by atoms with Crippen molar-refractivity contribution in [2.75, 3.05) is 11.3 Å². The van der Waals surface area contributed by atoms with Gasteiger partial charge in [-0.1, -0.05) is 18.2 Å². The molecule has 3 aromatic rings. The van der Waals surface area contributed by atoms with Crippen LogP contribution in [0.25, 0.3) is 10.9 Å². The van der Waals surface area contributed by atoms with Crippen molar-refractivity contribution in [3.63, 3.8) is 0 Å². The number of ether oxygens (including phenoxy) is 1. The number of esters is 1. The second kappa shape index (κ2) is 7.36. The highest BCUT2D eigenvalue weighted by Crippen LogP contribution is 2.26. The third-order valence-corrected chi connectivity index (χ3v) is 5.14. The number of carbonyl (C=O) groups is 1. The molecule has 142 valence electrons. The fraction of sp³-hybridized carbons (Fsp3) is 0.278. The van der Waals surface area contributed by atoms with Crippen LogP contribution in [0.5, 0.6) is 0 Å². The average Bonchev–Trinajstić information content (AvgIpc) is 3.13. The first kappa shape index (κ1) is 18.8. The standard InChI is InChI=1S/C18H20N4O4S/c1-4-26-18(23)16-9-15(13-7-5-6-8-14(13)20-16)21-27(24,25)17-10-22(11-19-17)12(2)3/h5-12H,4H2,1-3H3,(H,20,21). The van der Waals surface area contributed by atoms with Crippen LogP contribution in [0.3, 0.4) is 0 Å². The second-order valence-electron chi connectivity index (χ2n) is 6.15. The number of para-hydroxylation sites is 1. The van der Waals surface area contributed by atoms with Crippen LogP contribution in [-0.4, -0.2) is 35.5 Å². The molecule has 9 heteroatoms. The maximum absolute atomic E-state index is 12.8. The molecule has 0 aliphatic carbocycles. The number of rotatable bonds is 6. The molecule has 0 radical (unpaired) electrons. The molecule has 2 heterocycles. The number of aromatic nitrogens is 3. The fourth-order valence-electron chi connectivity index (χ4n) is 2.51. The van der Waals surface area contributed by atoms with E-state index in [9.17, 15) is 13.2 Å². The molecule has 1 N–H and O–H groups in total. The zero-order valence-electron chi connectivity index (χ0n) is 15.2. The van der Waals surface area contributed by atoms with Gasteiger partial charge < -0.3 is 9.30 Å². The summed E-state index contributed by atoms with van der Waals surface area (Å²) in [6.07, 6.45) is 2.93. The number of anilines is 1. The van der Waals surface area contributed by atoms with Gasteiger partial charge in [-0.2, -0.15) is 8.42 Å². The van der Waals surface area contributed by atoms with Crippen LogP contribution >= 0.6 is 0 Å². The van der Waals surface area contributed by atoms with Crippen LogP contribution in [0.1, 0.15) is 37.3 Å². The number of sulfonamides is 1. The minimum atomic E-state index is -3.93. The highest BCUT2D eigenvalue weighted by molar-refractivity contribution is 7.92. The molecule has 0 atom stereocenters. The lowest BCUT2D eigenvalue weighted by molar-refractivity contribution is 0.0520. The number of benzene rings is 1. The van der Waals surface area contributed by atoms with E-state index in [2.05, 4.69) is 14.7 Å². The highest BCUT2D eigenvalue weighted by Gasteiger charge is 2.21. The number of hydrogen-bond donors (Lipinski definition) is 1. The van der Waals surface area contributed by atoms with E-state index < -0.39 is 16.0 Å². The quantitative estimate of drug-likeness (QED) is 0.651. The van der Waals surface area contributed by atoms with Crippen LogP contribution in [0, 0.1) is 0 Å². The van der Waals surface area contributed by atoms with Crippen LogP contribution in [-0.2, 0) is 14.8 Å². The van der Waals surface area contributed by atoms with Gasteiger partial charge in [0.05, 0.1) is 24.1 Å². The molecular weight excluding hydrogens is 368 g/mol. The zero-order valence-corrected chi connectivity index (χ0v) is 16.0. The molecule has 27 heavy (non-hydrogen) atoms. The second-order valence-corrected chi connectivity index (χ2v) is 7.78. The summed E-state index contributed by atoms with van der Waals surface area (Å²) in [6, 6.07) is 8.40. The average molecular weight is 388 g/mol. The number of nitrogens with zero attached hydrogens (tertiary/aromatic N) is 3. The molecular formula is C18H20N4O4S. The number of hydrogen-bond acceptors (Lipinski definition) is 6. The summed E-state index contributed by atoms with van der Waals surface area (Å²) in [4.78, 5) is 20.3. The number of nitrogens with one attached hydrogen (secondary N) is 1. The summed E-state index contributed by atoms with van der Waals surface area (Å²) in [5, 5.41) is 0.465. The summed E-state index contributed by atoms with van der Waals surface area (Å²) in [5.74, 6) is -0.618. The Morgan fingerprint density at radius 2 is 2.04 bits per heavy atom. The lowest BCUT2D eigenvalue weighted by Crippen LogP contribution is -2.15. The van der Waals surface area contributed by atoms with Crippen LogP contribution in [0.15, 0.2) is 47.9 Å². The predicted molar refractivity (Wildman–Crippen MR) is 101 cm³/mol. The van der Waals surface area contributed by atoms with Crippen molar-refractivity contribution in [1.29, 1.82) is 0 Å². The molecule has 0 amide bonds. The molecule has 0 aliphatic heterocycles. The lowest BCUT2D eigenvalue weighted by atomic mass is 10.1. The van der Waals surface area contributed by atoms with Crippen LogP contribution in [0.2, 0.25) is 0 Å². The Bertz CT molecular complexity index is 1090. The van der Waals surface area contributed by atoms with E-state index in [0.717, 1.165) is 0 Å². The van der Waals surface area contributed by atoms with E-state index in [1.165, 1.54) is 18.6 Å². The predicted octanol–water partition coefficient (Wildman–Crippen LogP) is 2.99. The van der Waals surface area contributed by atoms with E-state index in [1.54, 1.807) is 35.8 Å². The van der Waals surface area contributed by atoms with Crippen molar-refractivity contribution in [2.24, 2.45) is 0 Å². The Morgan fingerprint density at radius 3 is 2.70 bits per heavy atom. The molecule has 0 saturated heterocycles. The molecule has 2 aromatic heterocycles. The first-order valence-electron chi connectivity index (χ1n) is 8.45. The number of imidazole rings is 1. The first-order chi connectivity index (χ1) is 12.8. The molecule has 0 aliphatic rings. The summed E-state index contributed by atoms with van der Waals surface area (Å²) in [7, 11) is -3.93. The maximum Gasteiger partial charge on any atom is 0.357 e. The smallest absolute Gasteiger partial charge is 0.357 e. The van der Waals surface area contributed by atoms with Gasteiger partial charge in [0.1, 0.15) is 0 Å². The highest BCUT2D eigenvalue weighted by atomic mass is 32.2. The molecule has 1 aromatic carbocycles. The van der Waals surface area contributed by atoms with Crippen molar-refractivity contribution in [3.05, 3.63) is 48.5 Å². The van der Waals surface area contributed by atoms with E-state index >= 15 is 0 Å². The topological polar surface area (TPSA) is 103 Å². The van der Waals surface area contributed by atoms with Gasteiger partial charge in [-0.3, -0.25) is 4.72 Å². The van der Waals surface area contributed by atoms with Crippen molar-refractivity contribution >= 4 is 32.6 Å². The number of pyridine rings is 1. The monoisotopic (exact) mass is 388 g/mol. The van der Waals surface area contributed by atoms with Gasteiger partial charge in [-0.15, -0.1) is 0 Å². The van der Waals surface area contributed by atoms with Gasteiger partial charge in [0.25, 0.3) is 10.0 Å². The Hall–Kier alpha value is -2.94. The molecule has 3 rings (SSSR count). The SMILES string of the molecule is CCOC(=O)c1cc(NS(=O)(=O)c2cn(C(C)C)cn2)c2ccccc2n1. The van der Waals surface area contributed by atoms with Gasteiger partial charge in [0.15, 0.2) is 10.7 Å². The molecule has 0 saturated carbocycles. The minimum Gasteiger partial charge on any atom is -0.461 e. The van der Waals surface area contributed by atoms with E-state index in [1.807, 2.05) is 13.8 Å². The summed E-state index contributed by atoms with van der Waals surface area (Å²) in [5.41, 5.74) is 0.747. The fourth-order valence-corrected chi connectivity index (χ4v) is 3.51. The van der Waals surface area contributed by atoms with Gasteiger partial charge in [-0.25, -0.2) is 14.8 Å². The van der Waals surface area contributed by atoms with Gasteiger partial charge >= 0.3 is 5.97 Å². The van der Waals surface area contributed by atoms with Crippen molar-refractivity contribution in [1.82, 2.24) is 14.5 Å². The minimum absolute atomic E-state index is 0.0287. The molecule has 8 nitrogen and oxygen atoms in total. The Labute approximate surface area is 157 Å². The van der Waals surface area contributed by atoms with Crippen molar-refractivity contribution in [2.45, 2.75) is 31.8 Å². The number of fused-ring (bicyclic) bond motifs is 1. The van der Waals surface area contributed by atoms with Gasteiger partial charge in [-0.05, 0) is 32.9 Å². The number of carbonyl (C=O) groups excluding carboxylic acids is 1. The van der Waals surface area contributed by atoms with Crippen molar-refractivity contribution in [3.8, 4) is 0 Å². The third-order valence-electron chi connectivity index (χ3n) is 3.89. The Morgan fingerprint density at radius 1 is 1.30 bits per heavy atom. The van der Waals surface area contributed by atoms with Gasteiger partial charge in [0, 0.05) is 17.6 Å². The van der Waals surface area contributed by atoms with E-state index in [-0.39, 0.29) is 29.1 Å². The summed E-state index contributed by atoms with van der Waals surface area (Å²) in [6.45, 7) is 5.73. The van der Waals surface area contributed by atoms with Gasteiger partial charge in [0.2, 0.25) is 0 Å². The molecule has 0 spiro atoms. The maximum atomic E-state index is 12.8. The Kier molecular flexibility index (Phi) is 5.13. The normalized spacial score (nSPS) is 11.7. The van der Waals surface area contributed by atoms with E-state index in [0.29, 0.717) is 10.9 Å². The molecule has 0 unspecified atom stereocenters. The largest absolute Gasteiger partial charge is 0.461 e. The van der Waals surface area contributed by atoms with E-state index in [4.69, 9.17) is 4.74 Å².